The molecule has 0 aliphatic rings. The molecule has 10 heteroatoms. The smallest absolute Gasteiger partial charge is 0.247 e. The highest BCUT2D eigenvalue weighted by atomic mass is 16.5. The number of nitrogens with zero attached hydrogens (tertiary/aromatic N) is 3. The van der Waals surface area contributed by atoms with Gasteiger partial charge in [0.1, 0.15) is 17.6 Å². The molecule has 37 heavy (non-hydrogen) atoms. The first-order valence-electron chi connectivity index (χ1n) is 11.9. The first-order chi connectivity index (χ1) is 17.6. The van der Waals surface area contributed by atoms with Gasteiger partial charge in [-0.25, -0.2) is 0 Å². The van der Waals surface area contributed by atoms with Crippen LogP contribution >= 0.6 is 0 Å². The number of benzene rings is 1. The maximum Gasteiger partial charge on any atom is 0.247 e. The number of rotatable bonds is 10. The van der Waals surface area contributed by atoms with Gasteiger partial charge in [-0.2, -0.15) is 0 Å². The summed E-state index contributed by atoms with van der Waals surface area (Å²) in [6.07, 6.45) is 3.08. The molecule has 2 heterocycles. The van der Waals surface area contributed by atoms with E-state index in [9.17, 15) is 14.4 Å². The number of pyridine rings is 1. The Hall–Kier alpha value is -4.21. The Balaban J connectivity index is 1.89. The number of nitrogens with one attached hydrogen (secondary N) is 2. The molecule has 0 fully saturated rings. The summed E-state index contributed by atoms with van der Waals surface area (Å²) in [6.45, 7) is 7.47. The lowest BCUT2D eigenvalue weighted by atomic mass is 10.00. The number of anilines is 1. The van der Waals surface area contributed by atoms with Crippen molar-refractivity contribution in [3.63, 3.8) is 0 Å². The zero-order valence-corrected chi connectivity index (χ0v) is 21.8. The van der Waals surface area contributed by atoms with E-state index in [4.69, 9.17) is 9.26 Å². The zero-order chi connectivity index (χ0) is 27.0. The van der Waals surface area contributed by atoms with Gasteiger partial charge in [-0.15, -0.1) is 0 Å². The number of aromatic nitrogens is 2. The van der Waals surface area contributed by atoms with Crippen LogP contribution in [0.5, 0.6) is 5.75 Å². The Morgan fingerprint density at radius 2 is 1.84 bits per heavy atom. The molecule has 0 saturated carbocycles. The standard InChI is InChI=1S/C27H33N5O5/c1-18-15-22(31-37-18)29-23(33)12-13-24(34)32(17-19-7-6-14-28-16-19)25(26(35)30-27(2,3)4)20-8-10-21(36-5)11-9-20/h6-11,14-16,25H,12-13,17H2,1-5H3,(H,30,35)(H,29,31,33)/t25-/m0/s1. The van der Waals surface area contributed by atoms with E-state index in [1.165, 1.54) is 4.90 Å². The molecule has 0 unspecified atom stereocenters. The summed E-state index contributed by atoms with van der Waals surface area (Å²) < 4.78 is 10.2. The van der Waals surface area contributed by atoms with Gasteiger partial charge in [-0.3, -0.25) is 19.4 Å². The summed E-state index contributed by atoms with van der Waals surface area (Å²) in [4.78, 5) is 45.3. The van der Waals surface area contributed by atoms with Crippen LogP contribution in [0, 0.1) is 6.92 Å². The number of hydrogen-bond acceptors (Lipinski definition) is 7. The highest BCUT2D eigenvalue weighted by Crippen LogP contribution is 2.27. The van der Waals surface area contributed by atoms with Crippen LogP contribution in [-0.4, -0.2) is 45.4 Å². The van der Waals surface area contributed by atoms with Gasteiger partial charge in [0.2, 0.25) is 17.7 Å². The van der Waals surface area contributed by atoms with Crippen LogP contribution in [-0.2, 0) is 20.9 Å². The fourth-order valence-corrected chi connectivity index (χ4v) is 3.70. The van der Waals surface area contributed by atoms with Crippen molar-refractivity contribution in [2.24, 2.45) is 0 Å². The van der Waals surface area contributed by atoms with Crippen molar-refractivity contribution < 1.29 is 23.6 Å². The van der Waals surface area contributed by atoms with Crippen LogP contribution in [0.4, 0.5) is 5.82 Å². The van der Waals surface area contributed by atoms with E-state index >= 15 is 0 Å². The maximum absolute atomic E-state index is 13.6. The lowest BCUT2D eigenvalue weighted by molar-refractivity contribution is -0.142. The van der Waals surface area contributed by atoms with E-state index in [1.54, 1.807) is 62.8 Å². The molecule has 0 saturated heterocycles. The second-order valence-electron chi connectivity index (χ2n) is 9.67. The minimum absolute atomic E-state index is 0.0928. The monoisotopic (exact) mass is 507 g/mol. The van der Waals surface area contributed by atoms with Gasteiger partial charge in [0.15, 0.2) is 5.82 Å². The summed E-state index contributed by atoms with van der Waals surface area (Å²) >= 11 is 0. The van der Waals surface area contributed by atoms with Gasteiger partial charge in [-0.1, -0.05) is 23.4 Å². The first-order valence-corrected chi connectivity index (χ1v) is 11.9. The van der Waals surface area contributed by atoms with Crippen molar-refractivity contribution in [3.05, 3.63) is 71.7 Å². The average Bonchev–Trinajstić information content (AvgIpc) is 3.26. The fourth-order valence-electron chi connectivity index (χ4n) is 3.70. The number of carbonyl (C=O) groups is 3. The van der Waals surface area contributed by atoms with E-state index in [0.29, 0.717) is 17.1 Å². The SMILES string of the molecule is COc1ccc([C@@H](C(=O)NC(C)(C)C)N(Cc2cccnc2)C(=O)CCC(=O)Nc2cc(C)on2)cc1. The molecule has 3 amide bonds. The number of aryl methyl sites for hydroxylation is 1. The minimum Gasteiger partial charge on any atom is -0.497 e. The molecule has 0 aliphatic heterocycles. The lowest BCUT2D eigenvalue weighted by Gasteiger charge is -2.34. The number of carbonyl (C=O) groups excluding carboxylic acids is 3. The number of amides is 3. The van der Waals surface area contributed by atoms with Crippen LogP contribution in [0.2, 0.25) is 0 Å². The highest BCUT2D eigenvalue weighted by Gasteiger charge is 2.33. The summed E-state index contributed by atoms with van der Waals surface area (Å²) in [5, 5.41) is 9.35. The fraction of sp³-hybridized carbons (Fsp3) is 0.370. The molecule has 1 aromatic carbocycles. The zero-order valence-electron chi connectivity index (χ0n) is 21.8. The Labute approximate surface area is 216 Å². The molecule has 2 aromatic heterocycles. The van der Waals surface area contributed by atoms with Crippen molar-refractivity contribution in [2.75, 3.05) is 12.4 Å². The third-order valence-electron chi connectivity index (χ3n) is 5.35. The molecule has 10 nitrogen and oxygen atoms in total. The molecule has 1 atom stereocenters. The largest absolute Gasteiger partial charge is 0.497 e. The van der Waals surface area contributed by atoms with Crippen molar-refractivity contribution in [1.82, 2.24) is 20.4 Å². The normalized spacial score (nSPS) is 11.9. The maximum atomic E-state index is 13.6. The molecule has 0 aliphatic carbocycles. The predicted molar refractivity (Wildman–Crippen MR) is 138 cm³/mol. The predicted octanol–water partition coefficient (Wildman–Crippen LogP) is 3.79. The van der Waals surface area contributed by atoms with Crippen LogP contribution in [0.15, 0.2) is 59.4 Å². The van der Waals surface area contributed by atoms with Crippen molar-refractivity contribution in [2.45, 2.75) is 58.7 Å². The molecule has 0 bridgehead atoms. The molecular formula is C27H33N5O5. The van der Waals surface area contributed by atoms with E-state index in [-0.39, 0.29) is 42.9 Å². The Kier molecular flexibility index (Phi) is 9.00. The Bertz CT molecular complexity index is 1200. The van der Waals surface area contributed by atoms with Crippen molar-refractivity contribution >= 4 is 23.5 Å². The highest BCUT2D eigenvalue weighted by molar-refractivity contribution is 5.94. The molecule has 0 spiro atoms. The van der Waals surface area contributed by atoms with E-state index in [0.717, 1.165) is 5.56 Å². The van der Waals surface area contributed by atoms with Gasteiger partial charge >= 0.3 is 0 Å². The molecule has 196 valence electrons. The van der Waals surface area contributed by atoms with Gasteiger partial charge in [0.05, 0.1) is 7.11 Å². The van der Waals surface area contributed by atoms with Gasteiger partial charge in [0, 0.05) is 43.4 Å². The van der Waals surface area contributed by atoms with Crippen LogP contribution in [0.1, 0.15) is 56.5 Å². The van der Waals surface area contributed by atoms with E-state index < -0.39 is 11.6 Å². The summed E-state index contributed by atoms with van der Waals surface area (Å²) in [7, 11) is 1.56. The topological polar surface area (TPSA) is 127 Å². The molecular weight excluding hydrogens is 474 g/mol. The van der Waals surface area contributed by atoms with Gasteiger partial charge in [0.25, 0.3) is 0 Å². The van der Waals surface area contributed by atoms with Crippen molar-refractivity contribution in [1.29, 1.82) is 0 Å². The Morgan fingerprint density at radius 1 is 1.11 bits per heavy atom. The van der Waals surface area contributed by atoms with Crippen molar-refractivity contribution in [3.8, 4) is 5.75 Å². The molecule has 0 radical (unpaired) electrons. The third kappa shape index (κ3) is 8.16. The molecule has 2 N–H and O–H groups in total. The van der Waals surface area contributed by atoms with Gasteiger partial charge in [-0.05, 0) is 57.0 Å². The lowest BCUT2D eigenvalue weighted by Crippen LogP contribution is -2.49. The van der Waals surface area contributed by atoms with Crippen LogP contribution in [0.3, 0.4) is 0 Å². The number of ether oxygens (including phenoxy) is 1. The quantitative estimate of drug-likeness (QED) is 0.427. The van der Waals surface area contributed by atoms with Gasteiger partial charge < -0.3 is 24.8 Å². The first kappa shape index (κ1) is 27.4. The summed E-state index contributed by atoms with van der Waals surface area (Å²) in [6, 6.07) is 11.2. The average molecular weight is 508 g/mol. The number of hydrogen-bond donors (Lipinski definition) is 2. The van der Waals surface area contributed by atoms with Crippen LogP contribution < -0.4 is 15.4 Å². The molecule has 3 aromatic rings. The summed E-state index contributed by atoms with van der Waals surface area (Å²) in [5.74, 6) is 0.383. The molecule has 3 rings (SSSR count). The Morgan fingerprint density at radius 3 is 2.41 bits per heavy atom. The van der Waals surface area contributed by atoms with E-state index in [1.807, 2.05) is 26.8 Å². The summed E-state index contributed by atoms with van der Waals surface area (Å²) in [5.41, 5.74) is 0.836. The second kappa shape index (κ2) is 12.2. The third-order valence-corrected chi connectivity index (χ3v) is 5.35. The van der Waals surface area contributed by atoms with Crippen LogP contribution in [0.25, 0.3) is 0 Å². The second-order valence-corrected chi connectivity index (χ2v) is 9.67. The number of methoxy groups -OCH3 is 1. The van der Waals surface area contributed by atoms with E-state index in [2.05, 4.69) is 20.8 Å². The minimum atomic E-state index is -0.945.